The minimum Gasteiger partial charge on any atom is -0.200 e. The lowest BCUT2D eigenvalue weighted by atomic mass is 10.2. The summed E-state index contributed by atoms with van der Waals surface area (Å²) in [6.45, 7) is 1.89. The van der Waals surface area contributed by atoms with E-state index in [9.17, 15) is 8.42 Å². The van der Waals surface area contributed by atoms with Gasteiger partial charge in [-0.05, 0) is 52.7 Å². The molecule has 0 fully saturated rings. The number of hydrazone groups is 1. The van der Waals surface area contributed by atoms with Crippen LogP contribution in [0.3, 0.4) is 0 Å². The average molecular weight is 388 g/mol. The van der Waals surface area contributed by atoms with Gasteiger partial charge in [-0.2, -0.15) is 13.5 Å². The Morgan fingerprint density at radius 1 is 1.19 bits per heavy atom. The van der Waals surface area contributed by atoms with Crippen molar-refractivity contribution in [1.82, 2.24) is 4.83 Å². The second-order valence-electron chi connectivity index (χ2n) is 4.34. The molecular formula is C14H12BrClN2O2S. The first kappa shape index (κ1) is 16.0. The predicted octanol–water partition coefficient (Wildman–Crippen LogP) is 3.72. The van der Waals surface area contributed by atoms with E-state index in [4.69, 9.17) is 11.6 Å². The molecule has 0 unspecified atom stereocenters. The first-order valence-corrected chi connectivity index (χ1v) is 8.60. The fraction of sp³-hybridized carbons (Fsp3) is 0.0714. The van der Waals surface area contributed by atoms with Gasteiger partial charge in [0.05, 0.1) is 16.1 Å². The fourth-order valence-corrected chi connectivity index (χ4v) is 2.76. The van der Waals surface area contributed by atoms with Crippen molar-refractivity contribution in [1.29, 1.82) is 0 Å². The summed E-state index contributed by atoms with van der Waals surface area (Å²) in [4.78, 5) is 2.33. The lowest BCUT2D eigenvalue weighted by molar-refractivity contribution is 0.584. The van der Waals surface area contributed by atoms with Crippen molar-refractivity contribution >= 4 is 43.8 Å². The molecule has 7 heteroatoms. The summed E-state index contributed by atoms with van der Waals surface area (Å²) < 4.78 is 24.8. The van der Waals surface area contributed by atoms with Gasteiger partial charge in [0, 0.05) is 4.47 Å². The number of benzene rings is 2. The van der Waals surface area contributed by atoms with E-state index < -0.39 is 10.0 Å². The Morgan fingerprint density at radius 3 is 2.48 bits per heavy atom. The number of sulfonamides is 1. The van der Waals surface area contributed by atoms with Gasteiger partial charge in [-0.25, -0.2) is 4.83 Å². The van der Waals surface area contributed by atoms with Gasteiger partial charge in [0.1, 0.15) is 0 Å². The highest BCUT2D eigenvalue weighted by molar-refractivity contribution is 9.10. The summed E-state index contributed by atoms with van der Waals surface area (Å²) in [6, 6.07) is 11.7. The van der Waals surface area contributed by atoms with Crippen molar-refractivity contribution in [3.8, 4) is 0 Å². The third-order valence-corrected chi connectivity index (χ3v) is 5.13. The van der Waals surface area contributed by atoms with Gasteiger partial charge in [0.15, 0.2) is 0 Å². The molecule has 4 nitrogen and oxygen atoms in total. The number of hydrogen-bond acceptors (Lipinski definition) is 3. The Kier molecular flexibility index (Phi) is 5.03. The zero-order valence-corrected chi connectivity index (χ0v) is 14.2. The smallest absolute Gasteiger partial charge is 0.200 e. The first-order valence-electron chi connectivity index (χ1n) is 5.95. The standard InChI is InChI=1S/C14H12BrClN2O2S/c1-10-2-5-12(6-3-10)21(19,20)18-17-9-11-4-7-13(15)14(16)8-11/h2-9,18H,1H3/b17-9+. The molecule has 2 rings (SSSR count). The third kappa shape index (κ3) is 4.30. The zero-order chi connectivity index (χ0) is 15.5. The number of aryl methyl sites for hydroxylation is 1. The number of hydrogen-bond donors (Lipinski definition) is 1. The molecule has 1 N–H and O–H groups in total. The van der Waals surface area contributed by atoms with E-state index in [1.165, 1.54) is 18.3 Å². The summed E-state index contributed by atoms with van der Waals surface area (Å²) >= 11 is 9.22. The van der Waals surface area contributed by atoms with E-state index in [-0.39, 0.29) is 4.90 Å². The molecule has 0 heterocycles. The minimum absolute atomic E-state index is 0.166. The number of nitrogens with zero attached hydrogens (tertiary/aromatic N) is 1. The van der Waals surface area contributed by atoms with Crippen LogP contribution in [0.2, 0.25) is 5.02 Å². The quantitative estimate of drug-likeness (QED) is 0.642. The molecule has 0 saturated carbocycles. The van der Waals surface area contributed by atoms with E-state index in [1.54, 1.807) is 30.3 Å². The van der Waals surface area contributed by atoms with Crippen molar-refractivity contribution in [3.63, 3.8) is 0 Å². The fourth-order valence-electron chi connectivity index (χ4n) is 1.53. The van der Waals surface area contributed by atoms with Gasteiger partial charge in [-0.1, -0.05) is 35.4 Å². The summed E-state index contributed by atoms with van der Waals surface area (Å²) in [6.07, 6.45) is 1.39. The predicted molar refractivity (Wildman–Crippen MR) is 88.2 cm³/mol. The average Bonchev–Trinajstić information content (AvgIpc) is 2.43. The van der Waals surface area contributed by atoms with Crippen molar-refractivity contribution in [2.24, 2.45) is 5.10 Å². The topological polar surface area (TPSA) is 58.5 Å². The van der Waals surface area contributed by atoms with Crippen LogP contribution in [0.5, 0.6) is 0 Å². The SMILES string of the molecule is Cc1ccc(S(=O)(=O)N/N=C/c2ccc(Br)c(Cl)c2)cc1. The molecular weight excluding hydrogens is 376 g/mol. The lowest BCUT2D eigenvalue weighted by Crippen LogP contribution is -2.18. The Morgan fingerprint density at radius 2 is 1.86 bits per heavy atom. The molecule has 0 atom stereocenters. The molecule has 0 amide bonds. The van der Waals surface area contributed by atoms with E-state index >= 15 is 0 Å². The summed E-state index contributed by atoms with van der Waals surface area (Å²) in [5.41, 5.74) is 1.68. The van der Waals surface area contributed by atoms with Crippen LogP contribution in [0.1, 0.15) is 11.1 Å². The lowest BCUT2D eigenvalue weighted by Gasteiger charge is -2.03. The van der Waals surface area contributed by atoms with E-state index in [1.807, 2.05) is 6.92 Å². The highest BCUT2D eigenvalue weighted by atomic mass is 79.9. The largest absolute Gasteiger partial charge is 0.276 e. The Hall–Kier alpha value is -1.37. The van der Waals surface area contributed by atoms with Gasteiger partial charge in [0.2, 0.25) is 0 Å². The molecule has 2 aromatic rings. The van der Waals surface area contributed by atoms with Gasteiger partial charge < -0.3 is 0 Å². The van der Waals surface area contributed by atoms with Gasteiger partial charge in [-0.3, -0.25) is 0 Å². The van der Waals surface area contributed by atoms with Gasteiger partial charge in [-0.15, -0.1) is 0 Å². The van der Waals surface area contributed by atoms with Crippen LogP contribution in [0, 0.1) is 6.92 Å². The maximum Gasteiger partial charge on any atom is 0.276 e. The molecule has 2 aromatic carbocycles. The molecule has 110 valence electrons. The number of nitrogens with one attached hydrogen (secondary N) is 1. The minimum atomic E-state index is -3.66. The second kappa shape index (κ2) is 6.60. The summed E-state index contributed by atoms with van der Waals surface area (Å²) in [5, 5.41) is 4.27. The zero-order valence-electron chi connectivity index (χ0n) is 11.0. The van der Waals surface area contributed by atoms with Crippen LogP contribution in [0.4, 0.5) is 0 Å². The molecule has 0 radical (unpaired) electrons. The first-order chi connectivity index (χ1) is 9.88. The summed E-state index contributed by atoms with van der Waals surface area (Å²) in [7, 11) is -3.66. The van der Waals surface area contributed by atoms with Gasteiger partial charge >= 0.3 is 0 Å². The third-order valence-electron chi connectivity index (χ3n) is 2.66. The van der Waals surface area contributed by atoms with Crippen molar-refractivity contribution in [2.45, 2.75) is 11.8 Å². The normalized spacial score (nSPS) is 11.8. The highest BCUT2D eigenvalue weighted by Gasteiger charge is 2.11. The molecule has 0 aliphatic carbocycles. The van der Waals surface area contributed by atoms with Crippen LogP contribution in [-0.2, 0) is 10.0 Å². The highest BCUT2D eigenvalue weighted by Crippen LogP contribution is 2.22. The maximum atomic E-state index is 12.0. The van der Waals surface area contributed by atoms with Crippen LogP contribution < -0.4 is 4.83 Å². The van der Waals surface area contributed by atoms with Crippen LogP contribution in [0.15, 0.2) is 56.9 Å². The van der Waals surface area contributed by atoms with Crippen LogP contribution in [0.25, 0.3) is 0 Å². The molecule has 0 aromatic heterocycles. The van der Waals surface area contributed by atoms with E-state index in [2.05, 4.69) is 25.9 Å². The van der Waals surface area contributed by atoms with Crippen LogP contribution >= 0.6 is 27.5 Å². The van der Waals surface area contributed by atoms with E-state index in [0.717, 1.165) is 10.0 Å². The Balaban J connectivity index is 2.12. The Labute approximate surface area is 137 Å². The molecule has 0 aliphatic heterocycles. The monoisotopic (exact) mass is 386 g/mol. The number of halogens is 2. The second-order valence-corrected chi connectivity index (χ2v) is 7.26. The molecule has 0 aliphatic rings. The maximum absolute atomic E-state index is 12.0. The molecule has 0 bridgehead atoms. The van der Waals surface area contributed by atoms with Crippen molar-refractivity contribution in [2.75, 3.05) is 0 Å². The van der Waals surface area contributed by atoms with Gasteiger partial charge in [0.25, 0.3) is 10.0 Å². The molecule has 0 spiro atoms. The van der Waals surface area contributed by atoms with Crippen molar-refractivity contribution in [3.05, 3.63) is 63.1 Å². The Bertz CT molecular complexity index is 774. The summed E-state index contributed by atoms with van der Waals surface area (Å²) in [5.74, 6) is 0. The number of rotatable bonds is 4. The van der Waals surface area contributed by atoms with Crippen LogP contribution in [-0.4, -0.2) is 14.6 Å². The molecule has 21 heavy (non-hydrogen) atoms. The molecule has 0 saturated heterocycles. The van der Waals surface area contributed by atoms with E-state index in [0.29, 0.717) is 10.6 Å². The van der Waals surface area contributed by atoms with Crippen molar-refractivity contribution < 1.29 is 8.42 Å².